The van der Waals surface area contributed by atoms with Gasteiger partial charge >= 0.3 is 5.97 Å². The first-order valence-corrected chi connectivity index (χ1v) is 8.36. The summed E-state index contributed by atoms with van der Waals surface area (Å²) in [5.41, 5.74) is -1.24. The third-order valence-electron chi connectivity index (χ3n) is 3.94. The monoisotopic (exact) mass is 430 g/mol. The summed E-state index contributed by atoms with van der Waals surface area (Å²) in [6, 6.07) is 9.38. The Hall–Kier alpha value is -1.67. The van der Waals surface area contributed by atoms with Gasteiger partial charge in [-0.3, -0.25) is 0 Å². The van der Waals surface area contributed by atoms with E-state index in [1.165, 1.54) is 7.11 Å². The smallest absolute Gasteiger partial charge is 0.356 e. The van der Waals surface area contributed by atoms with Crippen LogP contribution in [-0.2, 0) is 19.9 Å². The van der Waals surface area contributed by atoms with Gasteiger partial charge in [0.05, 0.1) is 5.02 Å². The van der Waals surface area contributed by atoms with E-state index in [1.54, 1.807) is 30.3 Å². The number of ether oxygens (including phenoxy) is 3. The minimum Gasteiger partial charge on any atom is -0.478 e. The predicted octanol–water partition coefficient (Wildman–Crippen LogP) is 4.28. The third-order valence-corrected chi connectivity index (χ3v) is 5.36. The Kier molecular flexibility index (Phi) is 5.02. The molecular weight excluding hydrogens is 419 g/mol. The van der Waals surface area contributed by atoms with Crippen LogP contribution in [0.25, 0.3) is 0 Å². The van der Waals surface area contributed by atoms with Crippen molar-refractivity contribution in [3.63, 3.8) is 0 Å². The number of carbonyl (C=O) groups is 1. The zero-order valence-electron chi connectivity index (χ0n) is 13.0. The normalized spacial score (nSPS) is 21.7. The molecule has 1 aliphatic rings. The molecule has 3 rings (SSSR count). The maximum atomic E-state index is 14.0. The van der Waals surface area contributed by atoms with Crippen molar-refractivity contribution in [1.82, 2.24) is 0 Å². The van der Waals surface area contributed by atoms with Gasteiger partial charge in [0.15, 0.2) is 0 Å². The molecule has 0 aromatic heterocycles. The van der Waals surface area contributed by atoms with Crippen molar-refractivity contribution in [2.24, 2.45) is 0 Å². The van der Waals surface area contributed by atoms with Gasteiger partial charge < -0.3 is 19.3 Å². The lowest BCUT2D eigenvalue weighted by Crippen LogP contribution is -2.44. The maximum absolute atomic E-state index is 14.0. The number of aliphatic carboxylic acids is 1. The second-order valence-corrected chi connectivity index (χ2v) is 6.53. The second-order valence-electron chi connectivity index (χ2n) is 5.36. The molecule has 0 radical (unpaired) electrons. The summed E-state index contributed by atoms with van der Waals surface area (Å²) >= 11 is 9.19. The van der Waals surface area contributed by atoms with Gasteiger partial charge in [0.2, 0.25) is 0 Å². The molecule has 1 aliphatic heterocycles. The molecule has 0 saturated carbocycles. The standard InChI is InChI=1S/C17H13BrClFO5/c1-23-8-24-15-12-11(7-10(20)14(19)13(12)18)25-17(15,16(21)22)9-5-3-2-4-6-9/h2-7,15H,8H2,1H3,(H,21,22)/t15-,17+/m0/s1. The summed E-state index contributed by atoms with van der Waals surface area (Å²) in [5, 5.41) is 9.82. The van der Waals surface area contributed by atoms with E-state index in [4.69, 9.17) is 25.8 Å². The van der Waals surface area contributed by atoms with E-state index >= 15 is 0 Å². The zero-order valence-corrected chi connectivity index (χ0v) is 15.3. The minimum absolute atomic E-state index is 0.0427. The van der Waals surface area contributed by atoms with E-state index in [9.17, 15) is 14.3 Å². The maximum Gasteiger partial charge on any atom is 0.356 e. The number of halogens is 3. The number of benzene rings is 2. The number of hydrogen-bond acceptors (Lipinski definition) is 4. The number of carboxylic acids is 1. The summed E-state index contributed by atoms with van der Waals surface area (Å²) in [6.07, 6.45) is -1.10. The lowest BCUT2D eigenvalue weighted by atomic mass is 9.86. The summed E-state index contributed by atoms with van der Waals surface area (Å²) in [5.74, 6) is -1.97. The predicted molar refractivity (Wildman–Crippen MR) is 91.2 cm³/mol. The van der Waals surface area contributed by atoms with Crippen LogP contribution in [0.2, 0.25) is 5.02 Å². The number of fused-ring (bicyclic) bond motifs is 1. The molecule has 0 unspecified atom stereocenters. The van der Waals surface area contributed by atoms with Crippen LogP contribution in [0.5, 0.6) is 5.75 Å². The summed E-state index contributed by atoms with van der Waals surface area (Å²) in [6.45, 7) is -0.184. The number of hydrogen-bond donors (Lipinski definition) is 1. The molecule has 2 aromatic rings. The average molecular weight is 432 g/mol. The summed E-state index contributed by atoms with van der Waals surface area (Å²) in [4.78, 5) is 12.3. The van der Waals surface area contributed by atoms with E-state index in [-0.39, 0.29) is 22.0 Å². The van der Waals surface area contributed by atoms with Gasteiger partial charge in [0.1, 0.15) is 24.5 Å². The number of carboxylic acid groups (broad SMARTS) is 1. The van der Waals surface area contributed by atoms with E-state index in [0.717, 1.165) is 6.07 Å². The molecule has 0 bridgehead atoms. The SMILES string of the molecule is COCO[C@H]1c2c(cc(F)c(Cl)c2Br)O[C@]1(C(=O)O)c1ccccc1. The van der Waals surface area contributed by atoms with Crippen LogP contribution in [0.3, 0.4) is 0 Å². The molecular formula is C17H13BrClFO5. The highest BCUT2D eigenvalue weighted by Crippen LogP contribution is 2.55. The highest BCUT2D eigenvalue weighted by Gasteiger charge is 2.58. The third kappa shape index (κ3) is 2.81. The molecule has 0 amide bonds. The average Bonchev–Trinajstić information content (AvgIpc) is 2.94. The van der Waals surface area contributed by atoms with Crippen LogP contribution < -0.4 is 4.74 Å². The molecule has 0 saturated heterocycles. The largest absolute Gasteiger partial charge is 0.478 e. The van der Waals surface area contributed by atoms with Crippen LogP contribution in [-0.4, -0.2) is 25.0 Å². The Morgan fingerprint density at radius 1 is 1.44 bits per heavy atom. The van der Waals surface area contributed by atoms with Gasteiger partial charge in [0.25, 0.3) is 5.60 Å². The van der Waals surface area contributed by atoms with Gasteiger partial charge in [-0.2, -0.15) is 0 Å². The fourth-order valence-corrected chi connectivity index (χ4v) is 3.61. The molecule has 2 aromatic carbocycles. The first-order chi connectivity index (χ1) is 11.9. The van der Waals surface area contributed by atoms with Gasteiger partial charge in [-0.15, -0.1) is 0 Å². The van der Waals surface area contributed by atoms with Crippen LogP contribution in [0, 0.1) is 5.82 Å². The highest BCUT2D eigenvalue weighted by atomic mass is 79.9. The lowest BCUT2D eigenvalue weighted by molar-refractivity contribution is -0.179. The van der Waals surface area contributed by atoms with Crippen molar-refractivity contribution in [3.05, 3.63) is 62.8 Å². The number of rotatable bonds is 5. The Balaban J connectivity index is 2.25. The quantitative estimate of drug-likeness (QED) is 0.566. The first kappa shape index (κ1) is 18.1. The van der Waals surface area contributed by atoms with Crippen molar-refractivity contribution < 1.29 is 28.5 Å². The van der Waals surface area contributed by atoms with E-state index in [0.29, 0.717) is 11.1 Å². The first-order valence-electron chi connectivity index (χ1n) is 7.19. The van der Waals surface area contributed by atoms with E-state index in [2.05, 4.69) is 15.9 Å². The molecule has 25 heavy (non-hydrogen) atoms. The molecule has 0 fully saturated rings. The Morgan fingerprint density at radius 2 is 2.12 bits per heavy atom. The molecule has 0 aliphatic carbocycles. The van der Waals surface area contributed by atoms with Crippen LogP contribution in [0.1, 0.15) is 17.2 Å². The second kappa shape index (κ2) is 6.92. The summed E-state index contributed by atoms with van der Waals surface area (Å²) < 4.78 is 30.5. The Labute approximate surface area is 156 Å². The molecule has 5 nitrogen and oxygen atoms in total. The van der Waals surface area contributed by atoms with Crippen LogP contribution in [0.4, 0.5) is 4.39 Å². The van der Waals surface area contributed by atoms with Crippen molar-refractivity contribution in [1.29, 1.82) is 0 Å². The fourth-order valence-electron chi connectivity index (χ4n) is 2.86. The Bertz CT molecular complexity index is 816. The van der Waals surface area contributed by atoms with Crippen molar-refractivity contribution >= 4 is 33.5 Å². The molecule has 1 heterocycles. The zero-order chi connectivity index (χ0) is 18.2. The van der Waals surface area contributed by atoms with E-state index in [1.807, 2.05) is 0 Å². The summed E-state index contributed by atoms with van der Waals surface area (Å²) in [7, 11) is 1.41. The molecule has 1 N–H and O–H groups in total. The minimum atomic E-state index is -1.90. The topological polar surface area (TPSA) is 65.0 Å². The Morgan fingerprint density at radius 3 is 2.72 bits per heavy atom. The van der Waals surface area contributed by atoms with Crippen molar-refractivity contribution in [2.45, 2.75) is 11.7 Å². The molecule has 2 atom stereocenters. The van der Waals surface area contributed by atoms with Gasteiger partial charge in [-0.1, -0.05) is 41.9 Å². The highest BCUT2D eigenvalue weighted by molar-refractivity contribution is 9.10. The van der Waals surface area contributed by atoms with Crippen molar-refractivity contribution in [2.75, 3.05) is 13.9 Å². The molecule has 8 heteroatoms. The van der Waals surface area contributed by atoms with Gasteiger partial charge in [0, 0.05) is 28.8 Å². The number of methoxy groups -OCH3 is 1. The van der Waals surface area contributed by atoms with Gasteiger partial charge in [-0.05, 0) is 15.9 Å². The fraction of sp³-hybridized carbons (Fsp3) is 0.235. The van der Waals surface area contributed by atoms with Gasteiger partial charge in [-0.25, -0.2) is 9.18 Å². The molecule has 0 spiro atoms. The van der Waals surface area contributed by atoms with Crippen LogP contribution in [0.15, 0.2) is 40.9 Å². The van der Waals surface area contributed by atoms with Crippen molar-refractivity contribution in [3.8, 4) is 5.75 Å². The molecule has 132 valence electrons. The van der Waals surface area contributed by atoms with E-state index < -0.39 is 23.5 Å². The lowest BCUT2D eigenvalue weighted by Gasteiger charge is -2.30. The van der Waals surface area contributed by atoms with Crippen LogP contribution >= 0.6 is 27.5 Å².